The molecule has 0 bridgehead atoms. The Hall–Kier alpha value is -2.08. The Balaban J connectivity index is 1.91. The Morgan fingerprint density at radius 2 is 2.06 bits per heavy atom. The van der Waals surface area contributed by atoms with Crippen LogP contribution in [0.4, 0.5) is 10.5 Å². The Morgan fingerprint density at radius 1 is 1.28 bits per heavy atom. The van der Waals surface area contributed by atoms with Gasteiger partial charge in [-0.25, -0.2) is 10.2 Å². The highest BCUT2D eigenvalue weighted by Gasteiger charge is 2.35. The first-order valence-electron chi connectivity index (χ1n) is 5.86. The molecular weight excluding hydrogens is 232 g/mol. The summed E-state index contributed by atoms with van der Waals surface area (Å²) < 4.78 is 0. The van der Waals surface area contributed by atoms with Gasteiger partial charge in [0, 0.05) is 25.6 Å². The quantitative estimate of drug-likeness (QED) is 0.761. The molecule has 1 saturated heterocycles. The molecule has 94 valence electrons. The Kier molecular flexibility index (Phi) is 2.45. The average molecular weight is 246 g/mol. The summed E-state index contributed by atoms with van der Waals surface area (Å²) in [5.74, 6) is -0.212. The number of urea groups is 1. The average Bonchev–Trinajstić information content (AvgIpc) is 2.68. The summed E-state index contributed by atoms with van der Waals surface area (Å²) >= 11 is 0. The lowest BCUT2D eigenvalue weighted by atomic mass is 10.1. The number of hydrazine groups is 1. The highest BCUT2D eigenvalue weighted by molar-refractivity contribution is 5.96. The summed E-state index contributed by atoms with van der Waals surface area (Å²) in [4.78, 5) is 24.6. The van der Waals surface area contributed by atoms with Crippen molar-refractivity contribution in [3.8, 4) is 0 Å². The summed E-state index contributed by atoms with van der Waals surface area (Å²) in [6.45, 7) is 0.435. The van der Waals surface area contributed by atoms with Gasteiger partial charge in [0.2, 0.25) is 5.91 Å². The van der Waals surface area contributed by atoms with Crippen LogP contribution in [0.5, 0.6) is 0 Å². The molecule has 0 aromatic heterocycles. The molecule has 2 N–H and O–H groups in total. The van der Waals surface area contributed by atoms with E-state index in [1.807, 2.05) is 36.3 Å². The molecule has 1 aromatic rings. The molecule has 2 aliphatic rings. The third-order valence-corrected chi connectivity index (χ3v) is 3.31. The normalized spacial score (nSPS) is 23.1. The number of nitrogens with one attached hydrogen (secondary N) is 2. The zero-order chi connectivity index (χ0) is 12.7. The van der Waals surface area contributed by atoms with Crippen molar-refractivity contribution in [2.24, 2.45) is 0 Å². The maximum atomic E-state index is 11.8. The van der Waals surface area contributed by atoms with Crippen molar-refractivity contribution in [1.82, 2.24) is 15.6 Å². The van der Waals surface area contributed by atoms with Gasteiger partial charge in [-0.3, -0.25) is 10.1 Å². The van der Waals surface area contributed by atoms with Crippen molar-refractivity contribution in [1.29, 1.82) is 0 Å². The number of hydrogen-bond acceptors (Lipinski definition) is 4. The van der Waals surface area contributed by atoms with Crippen molar-refractivity contribution < 1.29 is 9.59 Å². The van der Waals surface area contributed by atoms with Crippen LogP contribution in [0.1, 0.15) is 18.2 Å². The first-order chi connectivity index (χ1) is 8.66. The minimum atomic E-state index is -0.339. The number of anilines is 1. The van der Waals surface area contributed by atoms with Crippen molar-refractivity contribution >= 4 is 17.6 Å². The number of carbonyl (C=O) groups is 2. The number of fused-ring (bicyclic) bond motifs is 1. The van der Waals surface area contributed by atoms with Crippen LogP contribution >= 0.6 is 0 Å². The van der Waals surface area contributed by atoms with E-state index in [0.717, 1.165) is 11.3 Å². The summed E-state index contributed by atoms with van der Waals surface area (Å²) in [5.41, 5.74) is 5.32. The molecule has 3 rings (SSSR count). The number of hydrogen-bond donors (Lipinski definition) is 2. The predicted molar refractivity (Wildman–Crippen MR) is 65.6 cm³/mol. The van der Waals surface area contributed by atoms with Gasteiger partial charge in [0.05, 0.1) is 5.69 Å². The van der Waals surface area contributed by atoms with Crippen LogP contribution in [-0.4, -0.2) is 30.4 Å². The van der Waals surface area contributed by atoms with E-state index in [2.05, 4.69) is 10.7 Å². The van der Waals surface area contributed by atoms with Gasteiger partial charge >= 0.3 is 6.03 Å². The maximum Gasteiger partial charge on any atom is 0.325 e. The molecule has 2 heterocycles. The van der Waals surface area contributed by atoms with E-state index in [4.69, 9.17) is 0 Å². The Labute approximate surface area is 105 Å². The SMILES string of the molecule is CN1NC(N2CCC(=O)NC2=O)c2ccccc21. The number of nitrogens with zero attached hydrogens (tertiary/aromatic N) is 2. The summed E-state index contributed by atoms with van der Waals surface area (Å²) in [5, 5.41) is 4.23. The van der Waals surface area contributed by atoms with Gasteiger partial charge in [-0.2, -0.15) is 0 Å². The van der Waals surface area contributed by atoms with E-state index in [9.17, 15) is 9.59 Å². The molecule has 0 aliphatic carbocycles. The number of benzene rings is 1. The van der Waals surface area contributed by atoms with E-state index in [1.54, 1.807) is 4.90 Å². The molecule has 6 nitrogen and oxygen atoms in total. The van der Waals surface area contributed by atoms with E-state index >= 15 is 0 Å². The summed E-state index contributed by atoms with van der Waals surface area (Å²) in [7, 11) is 1.91. The predicted octanol–water partition coefficient (Wildman–Crippen LogP) is 0.581. The van der Waals surface area contributed by atoms with Crippen molar-refractivity contribution in [2.45, 2.75) is 12.6 Å². The van der Waals surface area contributed by atoms with Gasteiger partial charge in [0.1, 0.15) is 6.17 Å². The zero-order valence-corrected chi connectivity index (χ0v) is 10.0. The molecule has 2 aliphatic heterocycles. The van der Waals surface area contributed by atoms with Gasteiger partial charge in [-0.1, -0.05) is 18.2 Å². The van der Waals surface area contributed by atoms with Crippen LogP contribution in [0.3, 0.4) is 0 Å². The van der Waals surface area contributed by atoms with Crippen LogP contribution in [-0.2, 0) is 4.79 Å². The molecule has 0 radical (unpaired) electrons. The van der Waals surface area contributed by atoms with Gasteiger partial charge in [-0.05, 0) is 6.07 Å². The van der Waals surface area contributed by atoms with Crippen LogP contribution in [0, 0.1) is 0 Å². The molecule has 3 amide bonds. The number of imide groups is 1. The third-order valence-electron chi connectivity index (χ3n) is 3.31. The molecule has 6 heteroatoms. The topological polar surface area (TPSA) is 64.7 Å². The van der Waals surface area contributed by atoms with Gasteiger partial charge in [0.15, 0.2) is 0 Å². The monoisotopic (exact) mass is 246 g/mol. The summed E-state index contributed by atoms with van der Waals surface area (Å²) in [6.07, 6.45) is 0.134. The van der Waals surface area contributed by atoms with Crippen LogP contribution in [0.25, 0.3) is 0 Å². The van der Waals surface area contributed by atoms with E-state index in [0.29, 0.717) is 13.0 Å². The first kappa shape index (κ1) is 11.0. The zero-order valence-electron chi connectivity index (χ0n) is 10.0. The third kappa shape index (κ3) is 1.62. The molecule has 1 atom stereocenters. The molecule has 1 fully saturated rings. The lowest BCUT2D eigenvalue weighted by Crippen LogP contribution is -2.53. The lowest BCUT2D eigenvalue weighted by molar-refractivity contribution is -0.121. The highest BCUT2D eigenvalue weighted by Crippen LogP contribution is 2.34. The minimum Gasteiger partial charge on any atom is -0.309 e. The molecule has 1 unspecified atom stereocenters. The second-order valence-corrected chi connectivity index (χ2v) is 4.45. The second-order valence-electron chi connectivity index (χ2n) is 4.45. The van der Waals surface area contributed by atoms with E-state index in [1.165, 1.54) is 0 Å². The number of amides is 3. The smallest absolute Gasteiger partial charge is 0.309 e. The molecule has 0 spiro atoms. The van der Waals surface area contributed by atoms with Crippen LogP contribution in [0.15, 0.2) is 24.3 Å². The van der Waals surface area contributed by atoms with Crippen LogP contribution < -0.4 is 15.8 Å². The lowest BCUT2D eigenvalue weighted by Gasteiger charge is -2.32. The Bertz CT molecular complexity index is 517. The van der Waals surface area contributed by atoms with Crippen molar-refractivity contribution in [2.75, 3.05) is 18.6 Å². The largest absolute Gasteiger partial charge is 0.325 e. The molecule has 18 heavy (non-hydrogen) atoms. The fraction of sp³-hybridized carbons (Fsp3) is 0.333. The first-order valence-corrected chi connectivity index (χ1v) is 5.86. The molecule has 1 aromatic carbocycles. The summed E-state index contributed by atoms with van der Waals surface area (Å²) in [6, 6.07) is 7.54. The fourth-order valence-corrected chi connectivity index (χ4v) is 2.41. The van der Waals surface area contributed by atoms with Gasteiger partial charge in [-0.15, -0.1) is 0 Å². The molecule has 0 saturated carbocycles. The number of rotatable bonds is 1. The minimum absolute atomic E-state index is 0.209. The fourth-order valence-electron chi connectivity index (χ4n) is 2.41. The van der Waals surface area contributed by atoms with Crippen molar-refractivity contribution in [3.05, 3.63) is 29.8 Å². The standard InChI is InChI=1S/C12H14N4O2/c1-15-9-5-3-2-4-8(9)11(14-15)16-7-6-10(17)13-12(16)18/h2-5,11,14H,6-7H2,1H3,(H,13,17,18). The van der Waals surface area contributed by atoms with E-state index in [-0.39, 0.29) is 18.1 Å². The number of carbonyl (C=O) groups excluding carboxylic acids is 2. The van der Waals surface area contributed by atoms with Crippen LogP contribution in [0.2, 0.25) is 0 Å². The van der Waals surface area contributed by atoms with Gasteiger partial charge in [0.25, 0.3) is 0 Å². The maximum absolute atomic E-state index is 11.8. The Morgan fingerprint density at radius 3 is 2.83 bits per heavy atom. The van der Waals surface area contributed by atoms with E-state index < -0.39 is 0 Å². The second kappa shape index (κ2) is 3.99. The highest BCUT2D eigenvalue weighted by atomic mass is 16.2. The molecular formula is C12H14N4O2. The number of para-hydroxylation sites is 1. The van der Waals surface area contributed by atoms with Gasteiger partial charge < -0.3 is 9.91 Å². The van der Waals surface area contributed by atoms with Crippen molar-refractivity contribution in [3.63, 3.8) is 0 Å².